The van der Waals surface area contributed by atoms with E-state index in [1.54, 1.807) is 6.92 Å². The van der Waals surface area contributed by atoms with Gasteiger partial charge in [-0.05, 0) is 13.0 Å². The lowest BCUT2D eigenvalue weighted by Crippen LogP contribution is -2.00. The highest BCUT2D eigenvalue weighted by Crippen LogP contribution is 2.15. The maximum absolute atomic E-state index is 11.1. The van der Waals surface area contributed by atoms with Gasteiger partial charge in [0, 0.05) is 0 Å². The van der Waals surface area contributed by atoms with Crippen molar-refractivity contribution in [3.8, 4) is 0 Å². The standard InChI is InChI=1S/C9H10O4/c1-6-8(9(11)12-2)5-7(13-6)3-4-10/h4-5H,3H2,1-2H3. The van der Waals surface area contributed by atoms with Crippen LogP contribution in [0.15, 0.2) is 10.5 Å². The Balaban J connectivity index is 2.95. The molecule has 0 N–H and O–H groups in total. The monoisotopic (exact) mass is 182 g/mol. The quantitative estimate of drug-likeness (QED) is 0.519. The Morgan fingerprint density at radius 3 is 2.92 bits per heavy atom. The second-order valence-corrected chi connectivity index (χ2v) is 2.54. The summed E-state index contributed by atoms with van der Waals surface area (Å²) in [5.41, 5.74) is 0.374. The molecular formula is C9H10O4. The van der Waals surface area contributed by atoms with E-state index < -0.39 is 5.97 Å². The molecule has 0 bridgehead atoms. The van der Waals surface area contributed by atoms with Crippen LogP contribution in [0.5, 0.6) is 0 Å². The molecule has 1 heterocycles. The van der Waals surface area contributed by atoms with Gasteiger partial charge < -0.3 is 13.9 Å². The molecular weight excluding hydrogens is 172 g/mol. The Hall–Kier alpha value is -1.58. The molecule has 0 aliphatic rings. The molecule has 0 unspecified atom stereocenters. The van der Waals surface area contributed by atoms with Crippen LogP contribution in [0.2, 0.25) is 0 Å². The van der Waals surface area contributed by atoms with E-state index in [4.69, 9.17) is 4.42 Å². The minimum Gasteiger partial charge on any atom is -0.465 e. The van der Waals surface area contributed by atoms with Gasteiger partial charge >= 0.3 is 5.97 Å². The van der Waals surface area contributed by atoms with E-state index >= 15 is 0 Å². The smallest absolute Gasteiger partial charge is 0.341 e. The third kappa shape index (κ3) is 1.96. The second kappa shape index (κ2) is 3.89. The predicted octanol–water partition coefficient (Wildman–Crippen LogP) is 1.12. The summed E-state index contributed by atoms with van der Waals surface area (Å²) < 4.78 is 9.67. The average Bonchev–Trinajstić information content (AvgIpc) is 2.46. The molecule has 1 rings (SSSR count). The van der Waals surface area contributed by atoms with Crippen molar-refractivity contribution >= 4 is 12.3 Å². The topological polar surface area (TPSA) is 56.5 Å². The molecule has 70 valence electrons. The fraction of sp³-hybridized carbons (Fsp3) is 0.333. The Labute approximate surface area is 75.5 Å². The summed E-state index contributed by atoms with van der Waals surface area (Å²) in [6, 6.07) is 1.52. The summed E-state index contributed by atoms with van der Waals surface area (Å²) in [7, 11) is 1.30. The van der Waals surface area contributed by atoms with Gasteiger partial charge in [-0.2, -0.15) is 0 Å². The van der Waals surface area contributed by atoms with Crippen molar-refractivity contribution in [1.29, 1.82) is 0 Å². The zero-order valence-corrected chi connectivity index (χ0v) is 7.49. The third-order valence-corrected chi connectivity index (χ3v) is 1.66. The first-order valence-corrected chi connectivity index (χ1v) is 3.80. The van der Waals surface area contributed by atoms with Gasteiger partial charge in [-0.1, -0.05) is 0 Å². The molecule has 1 aromatic rings. The van der Waals surface area contributed by atoms with E-state index in [2.05, 4.69) is 4.74 Å². The number of methoxy groups -OCH3 is 1. The van der Waals surface area contributed by atoms with Crippen LogP contribution in [-0.4, -0.2) is 19.4 Å². The Bertz CT molecular complexity index is 324. The molecule has 0 radical (unpaired) electrons. The maximum atomic E-state index is 11.1. The normalized spacial score (nSPS) is 9.69. The average molecular weight is 182 g/mol. The number of aryl methyl sites for hydroxylation is 1. The minimum absolute atomic E-state index is 0.178. The lowest BCUT2D eigenvalue weighted by Gasteiger charge is -1.93. The Morgan fingerprint density at radius 2 is 2.38 bits per heavy atom. The lowest BCUT2D eigenvalue weighted by atomic mass is 10.2. The highest BCUT2D eigenvalue weighted by molar-refractivity contribution is 5.90. The molecule has 0 atom stereocenters. The number of esters is 1. The van der Waals surface area contributed by atoms with Crippen molar-refractivity contribution in [3.05, 3.63) is 23.2 Å². The third-order valence-electron chi connectivity index (χ3n) is 1.66. The van der Waals surface area contributed by atoms with Gasteiger partial charge in [-0.15, -0.1) is 0 Å². The summed E-state index contributed by atoms with van der Waals surface area (Å²) >= 11 is 0. The molecule has 0 fully saturated rings. The van der Waals surface area contributed by atoms with Crippen molar-refractivity contribution < 1.29 is 18.7 Å². The first-order valence-electron chi connectivity index (χ1n) is 3.80. The second-order valence-electron chi connectivity index (χ2n) is 2.54. The molecule has 0 spiro atoms. The number of ether oxygens (including phenoxy) is 1. The number of carbonyl (C=O) groups excluding carboxylic acids is 2. The molecule has 0 saturated carbocycles. The van der Waals surface area contributed by atoms with E-state index in [9.17, 15) is 9.59 Å². The van der Waals surface area contributed by atoms with Crippen molar-refractivity contribution in [2.75, 3.05) is 7.11 Å². The van der Waals surface area contributed by atoms with Gasteiger partial charge in [0.2, 0.25) is 0 Å². The van der Waals surface area contributed by atoms with E-state index in [0.29, 0.717) is 17.1 Å². The molecule has 4 nitrogen and oxygen atoms in total. The van der Waals surface area contributed by atoms with Gasteiger partial charge in [0.15, 0.2) is 0 Å². The number of carbonyl (C=O) groups is 2. The molecule has 0 aliphatic heterocycles. The van der Waals surface area contributed by atoms with E-state index in [1.165, 1.54) is 13.2 Å². The van der Waals surface area contributed by atoms with Crippen LogP contribution in [0.4, 0.5) is 0 Å². The summed E-state index contributed by atoms with van der Waals surface area (Å²) in [6.45, 7) is 1.65. The first-order chi connectivity index (χ1) is 6.19. The first kappa shape index (κ1) is 9.51. The van der Waals surface area contributed by atoms with Crippen LogP contribution in [0.1, 0.15) is 21.9 Å². The molecule has 0 aliphatic carbocycles. The number of hydrogen-bond donors (Lipinski definition) is 0. The zero-order chi connectivity index (χ0) is 9.84. The van der Waals surface area contributed by atoms with Crippen LogP contribution >= 0.6 is 0 Å². The SMILES string of the molecule is COC(=O)c1cc(CC=O)oc1C. The van der Waals surface area contributed by atoms with Gasteiger partial charge in [-0.3, -0.25) is 0 Å². The van der Waals surface area contributed by atoms with E-state index in [0.717, 1.165) is 6.29 Å². The number of rotatable bonds is 3. The Kier molecular flexibility index (Phi) is 2.84. The van der Waals surface area contributed by atoms with Crippen molar-refractivity contribution in [2.45, 2.75) is 13.3 Å². The maximum Gasteiger partial charge on any atom is 0.341 e. The number of hydrogen-bond acceptors (Lipinski definition) is 4. The zero-order valence-electron chi connectivity index (χ0n) is 7.49. The van der Waals surface area contributed by atoms with Crippen LogP contribution in [-0.2, 0) is 16.0 Å². The summed E-state index contributed by atoms with van der Waals surface area (Å²) in [4.78, 5) is 21.2. The number of aldehydes is 1. The van der Waals surface area contributed by atoms with E-state index in [1.807, 2.05) is 0 Å². The van der Waals surface area contributed by atoms with Crippen LogP contribution in [0.25, 0.3) is 0 Å². The van der Waals surface area contributed by atoms with Gasteiger partial charge in [0.1, 0.15) is 23.4 Å². The van der Waals surface area contributed by atoms with Gasteiger partial charge in [0.25, 0.3) is 0 Å². The minimum atomic E-state index is -0.446. The number of furan rings is 1. The van der Waals surface area contributed by atoms with Crippen molar-refractivity contribution in [2.24, 2.45) is 0 Å². The van der Waals surface area contributed by atoms with Crippen LogP contribution in [0, 0.1) is 6.92 Å². The highest BCUT2D eigenvalue weighted by Gasteiger charge is 2.14. The summed E-state index contributed by atoms with van der Waals surface area (Å²) in [5, 5.41) is 0. The predicted molar refractivity (Wildman–Crippen MR) is 44.6 cm³/mol. The van der Waals surface area contributed by atoms with Gasteiger partial charge in [0.05, 0.1) is 13.5 Å². The molecule has 0 amide bonds. The highest BCUT2D eigenvalue weighted by atomic mass is 16.5. The van der Waals surface area contributed by atoms with Crippen molar-refractivity contribution in [1.82, 2.24) is 0 Å². The van der Waals surface area contributed by atoms with Gasteiger partial charge in [-0.25, -0.2) is 4.79 Å². The molecule has 1 aromatic heterocycles. The fourth-order valence-electron chi connectivity index (χ4n) is 1.04. The molecule has 0 aromatic carbocycles. The summed E-state index contributed by atoms with van der Waals surface area (Å²) in [6.07, 6.45) is 0.900. The molecule has 13 heavy (non-hydrogen) atoms. The molecule has 0 saturated heterocycles. The van der Waals surface area contributed by atoms with Crippen molar-refractivity contribution in [3.63, 3.8) is 0 Å². The van der Waals surface area contributed by atoms with E-state index in [-0.39, 0.29) is 6.42 Å². The largest absolute Gasteiger partial charge is 0.465 e. The molecule has 4 heteroatoms. The van der Waals surface area contributed by atoms with Crippen LogP contribution in [0.3, 0.4) is 0 Å². The lowest BCUT2D eigenvalue weighted by molar-refractivity contribution is -0.107. The Morgan fingerprint density at radius 1 is 1.69 bits per heavy atom. The van der Waals surface area contributed by atoms with Crippen LogP contribution < -0.4 is 0 Å². The fourth-order valence-corrected chi connectivity index (χ4v) is 1.04. The summed E-state index contributed by atoms with van der Waals surface area (Å²) in [5.74, 6) is 0.509.